The molecule has 0 unspecified atom stereocenters. The van der Waals surface area contributed by atoms with E-state index in [1.54, 1.807) is 36.4 Å². The van der Waals surface area contributed by atoms with Gasteiger partial charge in [-0.2, -0.15) is 5.26 Å². The van der Waals surface area contributed by atoms with Crippen LogP contribution in [0.15, 0.2) is 47.4 Å². The molecule has 0 aromatic heterocycles. The van der Waals surface area contributed by atoms with Crippen LogP contribution in [0, 0.1) is 11.3 Å². The zero-order valence-electron chi connectivity index (χ0n) is 12.8. The van der Waals surface area contributed by atoms with Gasteiger partial charge in [0.15, 0.2) is 0 Å². The molecule has 1 heterocycles. The molecule has 1 aliphatic rings. The molecule has 3 rings (SSSR count). The molecular weight excluding hydrogens is 360 g/mol. The Labute approximate surface area is 153 Å². The van der Waals surface area contributed by atoms with Crippen LogP contribution in [0.5, 0.6) is 5.75 Å². The number of aromatic hydroxyl groups is 1. The smallest absolute Gasteiger partial charge is 0.293 e. The molecule has 2 amide bonds. The highest BCUT2D eigenvalue weighted by molar-refractivity contribution is 8.18. The van der Waals surface area contributed by atoms with E-state index < -0.39 is 11.1 Å². The molecule has 0 aliphatic carbocycles. The zero-order valence-corrected chi connectivity index (χ0v) is 14.3. The first-order valence-electron chi connectivity index (χ1n) is 7.21. The number of thioether (sulfide) groups is 1. The van der Waals surface area contributed by atoms with Crippen LogP contribution in [0.25, 0.3) is 6.08 Å². The molecule has 1 N–H and O–H groups in total. The Kier molecular flexibility index (Phi) is 4.79. The number of carbonyl (C=O) groups is 2. The number of carbonyl (C=O) groups excluding carboxylic acids is 2. The summed E-state index contributed by atoms with van der Waals surface area (Å²) in [6, 6.07) is 13.4. The van der Waals surface area contributed by atoms with Gasteiger partial charge in [0, 0.05) is 0 Å². The number of amides is 2. The number of rotatable bonds is 3. The fourth-order valence-electron chi connectivity index (χ4n) is 2.34. The highest BCUT2D eigenvalue weighted by atomic mass is 35.5. The summed E-state index contributed by atoms with van der Waals surface area (Å²) in [5.41, 5.74) is 1.64. The van der Waals surface area contributed by atoms with Crippen molar-refractivity contribution in [2.24, 2.45) is 0 Å². The lowest BCUT2D eigenvalue weighted by atomic mass is 10.1. The minimum Gasteiger partial charge on any atom is -0.506 e. The van der Waals surface area contributed by atoms with Crippen molar-refractivity contribution >= 4 is 40.6 Å². The summed E-state index contributed by atoms with van der Waals surface area (Å²) < 4.78 is 0. The molecule has 25 heavy (non-hydrogen) atoms. The third-order valence-corrected chi connectivity index (χ3v) is 4.82. The molecule has 5 nitrogen and oxygen atoms in total. The Balaban J connectivity index is 1.86. The summed E-state index contributed by atoms with van der Waals surface area (Å²) in [5.74, 6) is -0.480. The maximum atomic E-state index is 12.5. The summed E-state index contributed by atoms with van der Waals surface area (Å²) >= 11 is 6.68. The van der Waals surface area contributed by atoms with Crippen LogP contribution < -0.4 is 0 Å². The molecular formula is C18H11ClN2O3S. The van der Waals surface area contributed by atoms with Gasteiger partial charge >= 0.3 is 0 Å². The molecule has 1 saturated heterocycles. The number of phenols is 1. The lowest BCUT2D eigenvalue weighted by molar-refractivity contribution is -0.123. The van der Waals surface area contributed by atoms with Crippen molar-refractivity contribution in [1.29, 1.82) is 5.26 Å². The first-order valence-corrected chi connectivity index (χ1v) is 8.41. The number of nitriles is 1. The van der Waals surface area contributed by atoms with E-state index in [2.05, 4.69) is 6.07 Å². The molecule has 0 bridgehead atoms. The van der Waals surface area contributed by atoms with E-state index in [0.29, 0.717) is 16.7 Å². The highest BCUT2D eigenvalue weighted by Gasteiger charge is 2.35. The highest BCUT2D eigenvalue weighted by Crippen LogP contribution is 2.34. The van der Waals surface area contributed by atoms with Crippen LogP contribution >= 0.6 is 23.4 Å². The monoisotopic (exact) mass is 370 g/mol. The number of benzene rings is 2. The first-order chi connectivity index (χ1) is 12.0. The molecule has 124 valence electrons. The molecule has 2 aromatic carbocycles. The average Bonchev–Trinajstić information content (AvgIpc) is 2.86. The third-order valence-electron chi connectivity index (χ3n) is 3.61. The van der Waals surface area contributed by atoms with Crippen LogP contribution in [0.2, 0.25) is 5.02 Å². The number of hydrogen-bond donors (Lipinski definition) is 1. The predicted octanol–water partition coefficient (Wildman–Crippen LogP) is 4.15. The van der Waals surface area contributed by atoms with Crippen molar-refractivity contribution in [2.75, 3.05) is 0 Å². The maximum Gasteiger partial charge on any atom is 0.293 e. The summed E-state index contributed by atoms with van der Waals surface area (Å²) in [6.07, 6.45) is 1.55. The lowest BCUT2D eigenvalue weighted by Gasteiger charge is -2.13. The molecule has 0 spiro atoms. The average molecular weight is 371 g/mol. The van der Waals surface area contributed by atoms with Gasteiger partial charge in [0.25, 0.3) is 11.1 Å². The van der Waals surface area contributed by atoms with Gasteiger partial charge in [-0.05, 0) is 47.2 Å². The van der Waals surface area contributed by atoms with Crippen molar-refractivity contribution in [1.82, 2.24) is 4.90 Å². The van der Waals surface area contributed by atoms with E-state index >= 15 is 0 Å². The number of phenolic OH excluding ortho intramolecular Hbond substituents is 1. The number of hydrogen-bond acceptors (Lipinski definition) is 5. The fourth-order valence-corrected chi connectivity index (χ4v) is 3.37. The Morgan fingerprint density at radius 3 is 2.72 bits per heavy atom. The first kappa shape index (κ1) is 17.1. The van der Waals surface area contributed by atoms with Crippen LogP contribution in [-0.4, -0.2) is 21.2 Å². The minimum absolute atomic E-state index is 0.0437. The molecule has 0 atom stereocenters. The number of halogens is 1. The normalized spacial score (nSPS) is 15.7. The quantitative estimate of drug-likeness (QED) is 0.820. The largest absolute Gasteiger partial charge is 0.506 e. The van der Waals surface area contributed by atoms with Gasteiger partial charge < -0.3 is 5.11 Å². The lowest BCUT2D eigenvalue weighted by Crippen LogP contribution is -2.27. The minimum atomic E-state index is -0.424. The summed E-state index contributed by atoms with van der Waals surface area (Å²) in [4.78, 5) is 26.1. The van der Waals surface area contributed by atoms with Gasteiger partial charge in [0.05, 0.1) is 28.1 Å². The van der Waals surface area contributed by atoms with E-state index in [9.17, 15) is 14.7 Å². The summed E-state index contributed by atoms with van der Waals surface area (Å²) in [7, 11) is 0. The standard InChI is InChI=1S/C18H11ClN2O3S/c19-14-7-11(5-6-15(14)22)8-16-17(23)21(18(24)25-16)10-13-4-2-1-3-12(13)9-20/h1-8,22H,10H2/b16-8+. The Hall–Kier alpha value is -2.75. The number of imide groups is 1. The van der Waals surface area contributed by atoms with E-state index in [-0.39, 0.29) is 22.2 Å². The van der Waals surface area contributed by atoms with E-state index in [4.69, 9.17) is 16.9 Å². The summed E-state index contributed by atoms with van der Waals surface area (Å²) in [6.45, 7) is 0.0437. The zero-order chi connectivity index (χ0) is 18.0. The predicted molar refractivity (Wildman–Crippen MR) is 95.8 cm³/mol. The van der Waals surface area contributed by atoms with Gasteiger partial charge in [-0.25, -0.2) is 0 Å². The molecule has 1 fully saturated rings. The van der Waals surface area contributed by atoms with Gasteiger partial charge in [-0.3, -0.25) is 14.5 Å². The second-order valence-corrected chi connectivity index (χ2v) is 6.65. The molecule has 0 saturated carbocycles. The topological polar surface area (TPSA) is 81.4 Å². The SMILES string of the molecule is N#Cc1ccccc1CN1C(=O)S/C(=C/c2ccc(O)c(Cl)c2)C1=O. The van der Waals surface area contributed by atoms with Gasteiger partial charge in [0.2, 0.25) is 0 Å². The Morgan fingerprint density at radius 2 is 2.00 bits per heavy atom. The Bertz CT molecular complexity index is 950. The van der Waals surface area contributed by atoms with Crippen LogP contribution in [0.4, 0.5) is 4.79 Å². The third kappa shape index (κ3) is 3.53. The second kappa shape index (κ2) is 7.01. The maximum absolute atomic E-state index is 12.5. The molecule has 2 aromatic rings. The van der Waals surface area contributed by atoms with Crippen molar-refractivity contribution in [3.63, 3.8) is 0 Å². The van der Waals surface area contributed by atoms with Crippen LogP contribution in [0.3, 0.4) is 0 Å². The number of nitrogens with zero attached hydrogens (tertiary/aromatic N) is 2. The van der Waals surface area contributed by atoms with Gasteiger partial charge in [-0.1, -0.05) is 35.9 Å². The van der Waals surface area contributed by atoms with Crippen molar-refractivity contribution < 1.29 is 14.7 Å². The Morgan fingerprint density at radius 1 is 1.24 bits per heavy atom. The van der Waals surface area contributed by atoms with Gasteiger partial charge in [0.1, 0.15) is 5.75 Å². The van der Waals surface area contributed by atoms with Crippen molar-refractivity contribution in [3.05, 3.63) is 69.1 Å². The fraction of sp³-hybridized carbons (Fsp3) is 0.0556. The molecule has 0 radical (unpaired) electrons. The van der Waals surface area contributed by atoms with Crippen LogP contribution in [-0.2, 0) is 11.3 Å². The van der Waals surface area contributed by atoms with Crippen LogP contribution in [0.1, 0.15) is 16.7 Å². The summed E-state index contributed by atoms with van der Waals surface area (Å²) in [5, 5.41) is 18.3. The molecule has 1 aliphatic heterocycles. The van der Waals surface area contributed by atoms with Gasteiger partial charge in [-0.15, -0.1) is 0 Å². The van der Waals surface area contributed by atoms with E-state index in [1.807, 2.05) is 0 Å². The molecule has 7 heteroatoms. The van der Waals surface area contributed by atoms with E-state index in [1.165, 1.54) is 12.1 Å². The van der Waals surface area contributed by atoms with Crippen molar-refractivity contribution in [3.8, 4) is 11.8 Å². The second-order valence-electron chi connectivity index (χ2n) is 5.25. The van der Waals surface area contributed by atoms with Crippen molar-refractivity contribution in [2.45, 2.75) is 6.54 Å². The van der Waals surface area contributed by atoms with E-state index in [0.717, 1.165) is 16.7 Å².